The molecule has 3 N–H and O–H groups in total. The molecule has 11 nitrogen and oxygen atoms in total. The Hall–Kier alpha value is -3.77. The minimum atomic E-state index is -3.57. The molecule has 0 aliphatic carbocycles. The zero-order valence-electron chi connectivity index (χ0n) is 23.8. The van der Waals surface area contributed by atoms with Crippen LogP contribution in [0.15, 0.2) is 42.5 Å². The minimum absolute atomic E-state index is 0.0249. The van der Waals surface area contributed by atoms with Gasteiger partial charge in [-0.05, 0) is 88.3 Å². The van der Waals surface area contributed by atoms with Crippen LogP contribution in [0.4, 0.5) is 5.82 Å². The van der Waals surface area contributed by atoms with Crippen LogP contribution in [0, 0.1) is 13.8 Å². The lowest BCUT2D eigenvalue weighted by Crippen LogP contribution is -2.44. The van der Waals surface area contributed by atoms with E-state index in [-0.39, 0.29) is 25.1 Å². The number of anilines is 1. The maximum absolute atomic E-state index is 13.0. The summed E-state index contributed by atoms with van der Waals surface area (Å²) in [7, 11) is -3.57. The summed E-state index contributed by atoms with van der Waals surface area (Å²) < 4.78 is 27.9. The predicted octanol–water partition coefficient (Wildman–Crippen LogP) is 3.10. The molecular weight excluding hydrogens is 544 g/mol. The third-order valence-electron chi connectivity index (χ3n) is 7.14. The lowest BCUT2D eigenvalue weighted by Gasteiger charge is -2.22. The van der Waals surface area contributed by atoms with E-state index in [1.807, 2.05) is 32.0 Å². The summed E-state index contributed by atoms with van der Waals surface area (Å²) in [5.41, 5.74) is 4.89. The van der Waals surface area contributed by atoms with Gasteiger partial charge in [0.05, 0.1) is 17.6 Å². The van der Waals surface area contributed by atoms with Gasteiger partial charge in [0.1, 0.15) is 11.9 Å². The van der Waals surface area contributed by atoms with Gasteiger partial charge >= 0.3 is 5.97 Å². The number of rotatable bonds is 13. The van der Waals surface area contributed by atoms with Crippen molar-refractivity contribution < 1.29 is 23.1 Å². The van der Waals surface area contributed by atoms with E-state index in [4.69, 9.17) is 0 Å². The number of carbonyl (C=O) groups excluding carboxylic acids is 1. The normalized spacial score (nSPS) is 13.9. The van der Waals surface area contributed by atoms with Crippen LogP contribution in [0.5, 0.6) is 0 Å². The third kappa shape index (κ3) is 8.14. The number of pyridine rings is 1. The number of hydrogen-bond acceptors (Lipinski definition) is 7. The van der Waals surface area contributed by atoms with Gasteiger partial charge in [-0.3, -0.25) is 4.79 Å². The van der Waals surface area contributed by atoms with Gasteiger partial charge < -0.3 is 15.7 Å². The van der Waals surface area contributed by atoms with Crippen molar-refractivity contribution in [3.05, 3.63) is 70.7 Å². The van der Waals surface area contributed by atoms with E-state index >= 15 is 0 Å². The predicted molar refractivity (Wildman–Crippen MR) is 157 cm³/mol. The van der Waals surface area contributed by atoms with Crippen LogP contribution in [0.25, 0.3) is 5.69 Å². The standard InChI is InChI=1S/C29H38N6O5S/c1-20-18-21(2)35(33-20)25-11-6-8-23(19-25)28(36)32-26(29(37)38)14-17-34(41(3,39)40)16-5-4-10-24-13-12-22-9-7-15-30-27(22)31-24/h6,8,11-13,18-19,26H,4-5,7,9-10,14-17H2,1-3H3,(H,30,31)(H,32,36)(H,37,38). The molecule has 0 fully saturated rings. The van der Waals surface area contributed by atoms with Crippen molar-refractivity contribution in [2.75, 3.05) is 31.2 Å². The average molecular weight is 583 g/mol. The Labute approximate surface area is 241 Å². The Morgan fingerprint density at radius 3 is 2.66 bits per heavy atom. The van der Waals surface area contributed by atoms with Crippen molar-refractivity contribution in [3.8, 4) is 5.69 Å². The Morgan fingerprint density at radius 2 is 1.95 bits per heavy atom. The highest BCUT2D eigenvalue weighted by Crippen LogP contribution is 2.20. The number of aliphatic carboxylic acids is 1. The number of carbonyl (C=O) groups is 2. The highest BCUT2D eigenvalue weighted by atomic mass is 32.2. The first-order valence-corrected chi connectivity index (χ1v) is 15.7. The Bertz CT molecular complexity index is 1500. The number of carboxylic acid groups (broad SMARTS) is 1. The topological polar surface area (TPSA) is 147 Å². The second-order valence-corrected chi connectivity index (χ2v) is 12.5. The van der Waals surface area contributed by atoms with Gasteiger partial charge in [0.25, 0.3) is 5.91 Å². The van der Waals surface area contributed by atoms with Gasteiger partial charge in [-0.25, -0.2) is 27.2 Å². The third-order valence-corrected chi connectivity index (χ3v) is 8.45. The molecule has 1 aromatic carbocycles. The zero-order valence-corrected chi connectivity index (χ0v) is 24.6. The number of benzene rings is 1. The monoisotopic (exact) mass is 582 g/mol. The summed E-state index contributed by atoms with van der Waals surface area (Å²) in [5, 5.41) is 20.1. The van der Waals surface area contributed by atoms with Crippen LogP contribution < -0.4 is 10.6 Å². The largest absolute Gasteiger partial charge is 0.480 e. The second-order valence-electron chi connectivity index (χ2n) is 10.5. The van der Waals surface area contributed by atoms with Gasteiger partial charge in [0, 0.05) is 36.6 Å². The van der Waals surface area contributed by atoms with E-state index in [1.54, 1.807) is 22.9 Å². The maximum atomic E-state index is 13.0. The smallest absolute Gasteiger partial charge is 0.326 e. The summed E-state index contributed by atoms with van der Waals surface area (Å²) in [6, 6.07) is 11.5. The Kier molecular flexibility index (Phi) is 9.77. The van der Waals surface area contributed by atoms with Gasteiger partial charge in [-0.1, -0.05) is 12.1 Å². The average Bonchev–Trinajstić information content (AvgIpc) is 3.28. The number of amides is 1. The number of carboxylic acids is 1. The van der Waals surface area contributed by atoms with Crippen molar-refractivity contribution in [2.45, 2.75) is 58.4 Å². The number of nitrogens with zero attached hydrogens (tertiary/aromatic N) is 4. The molecule has 220 valence electrons. The highest BCUT2D eigenvalue weighted by molar-refractivity contribution is 7.88. The van der Waals surface area contributed by atoms with Crippen LogP contribution in [-0.4, -0.2) is 76.4 Å². The van der Waals surface area contributed by atoms with E-state index in [1.165, 1.54) is 9.87 Å². The molecule has 0 radical (unpaired) electrons. The van der Waals surface area contributed by atoms with Crippen molar-refractivity contribution in [1.82, 2.24) is 24.4 Å². The summed E-state index contributed by atoms with van der Waals surface area (Å²) in [4.78, 5) is 29.6. The molecule has 1 atom stereocenters. The first-order valence-electron chi connectivity index (χ1n) is 13.9. The molecule has 41 heavy (non-hydrogen) atoms. The molecule has 3 aromatic rings. The molecule has 2 aromatic heterocycles. The van der Waals surface area contributed by atoms with Crippen LogP contribution >= 0.6 is 0 Å². The number of fused-ring (bicyclic) bond motifs is 1. The van der Waals surface area contributed by atoms with Crippen molar-refractivity contribution in [1.29, 1.82) is 0 Å². The second kappa shape index (κ2) is 13.3. The van der Waals surface area contributed by atoms with Crippen molar-refractivity contribution in [3.63, 3.8) is 0 Å². The molecule has 0 bridgehead atoms. The molecular formula is C29H38N6O5S. The SMILES string of the molecule is Cc1cc(C)n(-c2cccc(C(=O)NC(CCN(CCCCc3ccc4c(n3)NCCC4)S(C)(=O)=O)C(=O)O)c2)n1. The first kappa shape index (κ1) is 30.2. The van der Waals surface area contributed by atoms with Gasteiger partial charge in [-0.2, -0.15) is 5.10 Å². The van der Waals surface area contributed by atoms with Crippen molar-refractivity contribution >= 4 is 27.7 Å². The molecule has 0 saturated heterocycles. The minimum Gasteiger partial charge on any atom is -0.480 e. The number of sulfonamides is 1. The summed E-state index contributed by atoms with van der Waals surface area (Å²) in [5.74, 6) is -0.848. The fourth-order valence-electron chi connectivity index (χ4n) is 4.99. The number of nitrogens with one attached hydrogen (secondary N) is 2. The molecule has 0 spiro atoms. The summed E-state index contributed by atoms with van der Waals surface area (Å²) in [6.45, 7) is 4.93. The van der Waals surface area contributed by atoms with Gasteiger partial charge in [-0.15, -0.1) is 0 Å². The zero-order chi connectivity index (χ0) is 29.6. The van der Waals surface area contributed by atoms with Gasteiger partial charge in [0.2, 0.25) is 10.0 Å². The van der Waals surface area contributed by atoms with E-state index in [0.717, 1.165) is 61.4 Å². The molecule has 12 heteroatoms. The van der Waals surface area contributed by atoms with E-state index in [2.05, 4.69) is 26.8 Å². The summed E-state index contributed by atoms with van der Waals surface area (Å²) in [6.07, 6.45) is 5.22. The number of unbranched alkanes of at least 4 members (excludes halogenated alkanes) is 1. The lowest BCUT2D eigenvalue weighted by atomic mass is 10.1. The first-order chi connectivity index (χ1) is 19.5. The molecule has 1 unspecified atom stereocenters. The quantitative estimate of drug-likeness (QED) is 0.261. The lowest BCUT2D eigenvalue weighted by molar-refractivity contribution is -0.139. The highest BCUT2D eigenvalue weighted by Gasteiger charge is 2.25. The van der Waals surface area contributed by atoms with Crippen LogP contribution in [0.3, 0.4) is 0 Å². The van der Waals surface area contributed by atoms with E-state index in [9.17, 15) is 23.1 Å². The summed E-state index contributed by atoms with van der Waals surface area (Å²) >= 11 is 0. The number of aromatic nitrogens is 3. The number of hydrogen-bond donors (Lipinski definition) is 3. The van der Waals surface area contributed by atoms with E-state index in [0.29, 0.717) is 12.1 Å². The fourth-order valence-corrected chi connectivity index (χ4v) is 5.88. The molecule has 0 saturated carbocycles. The van der Waals surface area contributed by atoms with Crippen LogP contribution in [0.1, 0.15) is 58.7 Å². The van der Waals surface area contributed by atoms with Crippen LogP contribution in [-0.2, 0) is 27.7 Å². The molecule has 1 aliphatic rings. The Balaban J connectivity index is 1.32. The molecule has 1 amide bonds. The number of aryl methyl sites for hydroxylation is 4. The van der Waals surface area contributed by atoms with Crippen molar-refractivity contribution in [2.24, 2.45) is 0 Å². The molecule has 1 aliphatic heterocycles. The molecule has 4 rings (SSSR count). The fraction of sp³-hybridized carbons (Fsp3) is 0.448. The Morgan fingerprint density at radius 1 is 1.15 bits per heavy atom. The van der Waals surface area contributed by atoms with Crippen LogP contribution in [0.2, 0.25) is 0 Å². The van der Waals surface area contributed by atoms with Gasteiger partial charge in [0.15, 0.2) is 0 Å². The molecule has 3 heterocycles. The van der Waals surface area contributed by atoms with E-state index < -0.39 is 27.9 Å². The maximum Gasteiger partial charge on any atom is 0.326 e.